The predicted molar refractivity (Wildman–Crippen MR) is 51.2 cm³/mol. The molecule has 2 atom stereocenters. The van der Waals surface area contributed by atoms with Gasteiger partial charge < -0.3 is 10.4 Å². The molecule has 0 radical (unpaired) electrons. The summed E-state index contributed by atoms with van der Waals surface area (Å²) in [6, 6.07) is 0.336. The number of rotatable bonds is 1. The molecule has 0 aromatic heterocycles. The zero-order chi connectivity index (χ0) is 8.81. The van der Waals surface area contributed by atoms with Gasteiger partial charge in [-0.25, -0.2) is 0 Å². The number of nitrogens with one attached hydrogen (secondary N) is 1. The Labute approximate surface area is 75.4 Å². The summed E-state index contributed by atoms with van der Waals surface area (Å²) < 4.78 is 0. The third-order valence-corrected chi connectivity index (χ3v) is 2.85. The molecule has 0 spiro atoms. The fourth-order valence-corrected chi connectivity index (χ4v) is 1.98. The largest absolute Gasteiger partial charge is 0.392 e. The molecule has 0 aromatic rings. The van der Waals surface area contributed by atoms with Crippen LogP contribution in [0.5, 0.6) is 0 Å². The summed E-state index contributed by atoms with van der Waals surface area (Å²) in [4.78, 5) is 0. The minimum absolute atomic E-state index is 0.118. The van der Waals surface area contributed by atoms with Crippen LogP contribution in [0, 0.1) is 0 Å². The van der Waals surface area contributed by atoms with E-state index in [0.717, 1.165) is 12.8 Å². The lowest BCUT2D eigenvalue weighted by atomic mass is 10.0. The van der Waals surface area contributed by atoms with Crippen molar-refractivity contribution >= 4 is 0 Å². The minimum atomic E-state index is -0.118. The van der Waals surface area contributed by atoms with Crippen LogP contribution in [0.1, 0.15) is 44.9 Å². The van der Waals surface area contributed by atoms with E-state index in [4.69, 9.17) is 0 Å². The quantitative estimate of drug-likeness (QED) is 0.629. The summed E-state index contributed by atoms with van der Waals surface area (Å²) in [7, 11) is 1.95. The first-order chi connectivity index (χ1) is 5.84. The third kappa shape index (κ3) is 3.11. The molecule has 0 aliphatic heterocycles. The Bertz CT molecular complexity index is 116. The van der Waals surface area contributed by atoms with Crippen molar-refractivity contribution in [2.24, 2.45) is 0 Å². The average Bonchev–Trinajstić information content (AvgIpc) is 2.17. The molecule has 0 heterocycles. The number of aliphatic hydroxyl groups is 1. The van der Waals surface area contributed by atoms with Gasteiger partial charge >= 0.3 is 0 Å². The fourth-order valence-electron chi connectivity index (χ4n) is 1.98. The smallest absolute Gasteiger partial charge is 0.0693 e. The van der Waals surface area contributed by atoms with Crippen molar-refractivity contribution in [1.82, 2.24) is 5.32 Å². The van der Waals surface area contributed by atoms with Gasteiger partial charge in [-0.2, -0.15) is 0 Å². The maximum absolute atomic E-state index is 9.74. The first-order valence-electron chi connectivity index (χ1n) is 5.20. The average molecular weight is 171 g/mol. The Kier molecular flexibility index (Phi) is 4.62. The van der Waals surface area contributed by atoms with Crippen molar-refractivity contribution in [3.8, 4) is 0 Å². The molecule has 2 N–H and O–H groups in total. The topological polar surface area (TPSA) is 32.3 Å². The van der Waals surface area contributed by atoms with Crippen molar-refractivity contribution in [2.45, 2.75) is 57.1 Å². The van der Waals surface area contributed by atoms with Crippen LogP contribution in [-0.4, -0.2) is 24.3 Å². The lowest BCUT2D eigenvalue weighted by molar-refractivity contribution is 0.116. The van der Waals surface area contributed by atoms with E-state index in [1.807, 2.05) is 7.05 Å². The van der Waals surface area contributed by atoms with E-state index in [2.05, 4.69) is 5.32 Å². The highest BCUT2D eigenvalue weighted by Crippen LogP contribution is 2.17. The second-order valence-corrected chi connectivity index (χ2v) is 3.81. The van der Waals surface area contributed by atoms with E-state index in [0.29, 0.717) is 6.04 Å². The summed E-state index contributed by atoms with van der Waals surface area (Å²) >= 11 is 0. The third-order valence-electron chi connectivity index (χ3n) is 2.85. The molecule has 2 nitrogen and oxygen atoms in total. The summed E-state index contributed by atoms with van der Waals surface area (Å²) in [6.07, 6.45) is 8.44. The number of likely N-dealkylation sites (N-methyl/N-ethyl adjacent to an activating group) is 1. The van der Waals surface area contributed by atoms with Gasteiger partial charge in [-0.15, -0.1) is 0 Å². The summed E-state index contributed by atoms with van der Waals surface area (Å²) in [5.74, 6) is 0. The SMILES string of the molecule is CN[C@H]1CCCCCCC[C@@H]1O. The van der Waals surface area contributed by atoms with Gasteiger partial charge in [0.25, 0.3) is 0 Å². The maximum Gasteiger partial charge on any atom is 0.0693 e. The standard InChI is InChI=1S/C10H21NO/c1-11-9-7-5-3-2-4-6-8-10(9)12/h9-12H,2-8H2,1H3/t9-,10-/m0/s1. The summed E-state index contributed by atoms with van der Waals surface area (Å²) in [5.41, 5.74) is 0. The zero-order valence-electron chi connectivity index (χ0n) is 8.05. The Hall–Kier alpha value is -0.0800. The van der Waals surface area contributed by atoms with Crippen LogP contribution in [0.2, 0.25) is 0 Å². The van der Waals surface area contributed by atoms with Crippen LogP contribution >= 0.6 is 0 Å². The molecule has 1 aliphatic carbocycles. The Morgan fingerprint density at radius 1 is 1.00 bits per heavy atom. The molecular weight excluding hydrogens is 150 g/mol. The first-order valence-corrected chi connectivity index (χ1v) is 5.20. The van der Waals surface area contributed by atoms with E-state index >= 15 is 0 Å². The minimum Gasteiger partial charge on any atom is -0.392 e. The number of hydrogen-bond donors (Lipinski definition) is 2. The Balaban J connectivity index is 2.35. The van der Waals surface area contributed by atoms with Crippen molar-refractivity contribution in [2.75, 3.05) is 7.05 Å². The van der Waals surface area contributed by atoms with Crippen molar-refractivity contribution < 1.29 is 5.11 Å². The van der Waals surface area contributed by atoms with Gasteiger partial charge in [0.05, 0.1) is 6.10 Å². The number of hydrogen-bond acceptors (Lipinski definition) is 2. The van der Waals surface area contributed by atoms with Gasteiger partial charge in [-0.05, 0) is 19.9 Å². The molecular formula is C10H21NO. The van der Waals surface area contributed by atoms with Crippen molar-refractivity contribution in [1.29, 1.82) is 0 Å². The van der Waals surface area contributed by atoms with Crippen molar-refractivity contribution in [3.63, 3.8) is 0 Å². The summed E-state index contributed by atoms with van der Waals surface area (Å²) in [6.45, 7) is 0. The van der Waals surface area contributed by atoms with Crippen LogP contribution in [-0.2, 0) is 0 Å². The van der Waals surface area contributed by atoms with E-state index in [1.165, 1.54) is 32.1 Å². The maximum atomic E-state index is 9.74. The normalized spacial score (nSPS) is 33.5. The van der Waals surface area contributed by atoms with Gasteiger partial charge in [-0.3, -0.25) is 0 Å². The van der Waals surface area contributed by atoms with Crippen LogP contribution in [0.4, 0.5) is 0 Å². The number of aliphatic hydroxyl groups excluding tert-OH is 1. The monoisotopic (exact) mass is 171 g/mol. The summed E-state index contributed by atoms with van der Waals surface area (Å²) in [5, 5.41) is 12.9. The second-order valence-electron chi connectivity index (χ2n) is 3.81. The van der Waals surface area contributed by atoms with E-state index in [9.17, 15) is 5.11 Å². The highest BCUT2D eigenvalue weighted by Gasteiger charge is 2.17. The molecule has 72 valence electrons. The van der Waals surface area contributed by atoms with Gasteiger partial charge in [0.15, 0.2) is 0 Å². The molecule has 1 saturated carbocycles. The molecule has 0 aromatic carbocycles. The van der Waals surface area contributed by atoms with Crippen LogP contribution < -0.4 is 5.32 Å². The van der Waals surface area contributed by atoms with Gasteiger partial charge in [0, 0.05) is 6.04 Å². The van der Waals surface area contributed by atoms with Crippen LogP contribution in [0.15, 0.2) is 0 Å². The molecule has 0 unspecified atom stereocenters. The van der Waals surface area contributed by atoms with Crippen molar-refractivity contribution in [3.05, 3.63) is 0 Å². The zero-order valence-corrected chi connectivity index (χ0v) is 8.05. The van der Waals surface area contributed by atoms with Gasteiger partial charge in [0.2, 0.25) is 0 Å². The Morgan fingerprint density at radius 3 is 2.25 bits per heavy atom. The lowest BCUT2D eigenvalue weighted by Crippen LogP contribution is -2.37. The highest BCUT2D eigenvalue weighted by atomic mass is 16.3. The molecule has 12 heavy (non-hydrogen) atoms. The molecule has 1 rings (SSSR count). The molecule has 1 fully saturated rings. The highest BCUT2D eigenvalue weighted by molar-refractivity contribution is 4.75. The van der Waals surface area contributed by atoms with Crippen LogP contribution in [0.25, 0.3) is 0 Å². The molecule has 0 amide bonds. The predicted octanol–water partition coefficient (Wildman–Crippen LogP) is 1.68. The lowest BCUT2D eigenvalue weighted by Gasteiger charge is -2.21. The first kappa shape index (κ1) is 10.0. The molecule has 0 bridgehead atoms. The van der Waals surface area contributed by atoms with Gasteiger partial charge in [0.1, 0.15) is 0 Å². The van der Waals surface area contributed by atoms with E-state index in [1.54, 1.807) is 0 Å². The molecule has 2 heteroatoms. The van der Waals surface area contributed by atoms with E-state index in [-0.39, 0.29) is 6.10 Å². The Morgan fingerprint density at radius 2 is 1.58 bits per heavy atom. The van der Waals surface area contributed by atoms with E-state index < -0.39 is 0 Å². The molecule has 1 aliphatic rings. The second kappa shape index (κ2) is 5.55. The van der Waals surface area contributed by atoms with Gasteiger partial charge in [-0.1, -0.05) is 32.1 Å². The van der Waals surface area contributed by atoms with Crippen LogP contribution in [0.3, 0.4) is 0 Å². The molecule has 0 saturated heterocycles. The fraction of sp³-hybridized carbons (Fsp3) is 1.00.